The zero-order chi connectivity index (χ0) is 12.7. The van der Waals surface area contributed by atoms with E-state index in [4.69, 9.17) is 4.42 Å². The molecule has 1 aromatic carbocycles. The Kier molecular flexibility index (Phi) is 5.62. The first-order valence-corrected chi connectivity index (χ1v) is 6.56. The fraction of sp³-hybridized carbons (Fsp3) is 0.467. The summed E-state index contributed by atoms with van der Waals surface area (Å²) in [7, 11) is 2.18. The summed E-state index contributed by atoms with van der Waals surface area (Å²) in [5, 5.41) is 10.8. The highest BCUT2D eigenvalue weighted by Crippen LogP contribution is 2.38. The number of phenolic OH excluding ortho intramolecular Hbond substituents is 1. The minimum atomic E-state index is 0. The highest BCUT2D eigenvalue weighted by atomic mass is 79.9. The van der Waals surface area contributed by atoms with Crippen molar-refractivity contribution in [2.45, 2.75) is 31.7 Å². The van der Waals surface area contributed by atoms with Crippen LogP contribution in [0.1, 0.15) is 31.2 Å². The molecule has 0 radical (unpaired) electrons. The molecule has 0 unspecified atom stereocenters. The molecule has 1 fully saturated rings. The maximum Gasteiger partial charge on any atom is 0.175 e. The number of para-hydroxylation sites is 1. The average molecular weight is 344 g/mol. The summed E-state index contributed by atoms with van der Waals surface area (Å²) in [5.41, 5.74) is 1.87. The largest absolute Gasteiger partial charge is 0.504 e. The van der Waals surface area contributed by atoms with Gasteiger partial charge in [-0.15, -0.1) is 17.0 Å². The van der Waals surface area contributed by atoms with Crippen LogP contribution in [0.3, 0.4) is 0 Å². The van der Waals surface area contributed by atoms with Crippen LogP contribution in [0.15, 0.2) is 28.9 Å². The van der Waals surface area contributed by atoms with Gasteiger partial charge in [-0.05, 0) is 45.3 Å². The SMILES string of the molecule is Br.C[C@@H]1C[C@H](c2coc3c(O)cccc23)CCN1C.O. The van der Waals surface area contributed by atoms with Crippen LogP contribution in [0.5, 0.6) is 5.75 Å². The Balaban J connectivity index is 0.000001000. The Morgan fingerprint density at radius 3 is 2.80 bits per heavy atom. The van der Waals surface area contributed by atoms with Gasteiger partial charge in [0.2, 0.25) is 0 Å². The van der Waals surface area contributed by atoms with Gasteiger partial charge in [0.15, 0.2) is 11.3 Å². The van der Waals surface area contributed by atoms with E-state index in [1.807, 2.05) is 18.4 Å². The Morgan fingerprint density at radius 2 is 2.10 bits per heavy atom. The number of aromatic hydroxyl groups is 1. The van der Waals surface area contributed by atoms with Gasteiger partial charge in [0, 0.05) is 17.0 Å². The zero-order valence-corrected chi connectivity index (χ0v) is 13.5. The number of halogens is 1. The fourth-order valence-corrected chi connectivity index (χ4v) is 2.95. The van der Waals surface area contributed by atoms with Crippen LogP contribution >= 0.6 is 17.0 Å². The third-order valence-corrected chi connectivity index (χ3v) is 4.26. The maximum atomic E-state index is 9.77. The topological polar surface area (TPSA) is 68.1 Å². The van der Waals surface area contributed by atoms with Gasteiger partial charge in [0.1, 0.15) is 0 Å². The second-order valence-electron chi connectivity index (χ2n) is 5.40. The van der Waals surface area contributed by atoms with Crippen molar-refractivity contribution in [2.75, 3.05) is 13.6 Å². The van der Waals surface area contributed by atoms with Gasteiger partial charge in [-0.2, -0.15) is 0 Å². The first kappa shape index (κ1) is 17.0. The van der Waals surface area contributed by atoms with E-state index >= 15 is 0 Å². The molecule has 5 heteroatoms. The van der Waals surface area contributed by atoms with E-state index in [-0.39, 0.29) is 28.2 Å². The smallest absolute Gasteiger partial charge is 0.175 e. The molecule has 3 N–H and O–H groups in total. The van der Waals surface area contributed by atoms with Crippen molar-refractivity contribution in [3.8, 4) is 5.75 Å². The number of furan rings is 1. The van der Waals surface area contributed by atoms with E-state index < -0.39 is 0 Å². The number of nitrogens with zero attached hydrogens (tertiary/aromatic N) is 1. The summed E-state index contributed by atoms with van der Waals surface area (Å²) in [6.07, 6.45) is 4.14. The zero-order valence-electron chi connectivity index (χ0n) is 11.8. The fourth-order valence-electron chi connectivity index (χ4n) is 2.95. The van der Waals surface area contributed by atoms with Gasteiger partial charge in [-0.1, -0.05) is 12.1 Å². The summed E-state index contributed by atoms with van der Waals surface area (Å²) >= 11 is 0. The van der Waals surface area contributed by atoms with Gasteiger partial charge in [0.25, 0.3) is 0 Å². The van der Waals surface area contributed by atoms with E-state index in [0.717, 1.165) is 24.8 Å². The Bertz CT molecular complexity index is 569. The van der Waals surface area contributed by atoms with Crippen LogP contribution in [-0.2, 0) is 0 Å². The standard InChI is InChI=1S/C15H19NO2.BrH.H2O/c1-10-8-11(6-7-16(10)2)13-9-18-15-12(13)4-3-5-14(15)17;;/h3-5,9-11,17H,6-8H2,1-2H3;1H;1H2/t10-,11-;;/m1../s1. The van der Waals surface area contributed by atoms with E-state index in [1.165, 1.54) is 5.56 Å². The molecule has 1 aliphatic heterocycles. The lowest BCUT2D eigenvalue weighted by Gasteiger charge is -2.34. The molecule has 0 saturated carbocycles. The number of piperidine rings is 1. The minimum absolute atomic E-state index is 0. The highest BCUT2D eigenvalue weighted by Gasteiger charge is 2.26. The predicted molar refractivity (Wildman–Crippen MR) is 85.9 cm³/mol. The number of hydrogen-bond acceptors (Lipinski definition) is 3. The number of hydrogen-bond donors (Lipinski definition) is 1. The van der Waals surface area contributed by atoms with Crippen molar-refractivity contribution >= 4 is 28.0 Å². The summed E-state index contributed by atoms with van der Waals surface area (Å²) < 4.78 is 5.53. The molecule has 2 atom stereocenters. The molecular weight excluding hydrogens is 322 g/mol. The Hall–Kier alpha value is -1.04. The molecule has 0 amide bonds. The van der Waals surface area contributed by atoms with Crippen molar-refractivity contribution in [1.29, 1.82) is 0 Å². The number of benzene rings is 1. The van der Waals surface area contributed by atoms with Crippen LogP contribution in [0.4, 0.5) is 0 Å². The minimum Gasteiger partial charge on any atom is -0.504 e. The molecule has 3 rings (SSSR count). The molecule has 1 saturated heterocycles. The van der Waals surface area contributed by atoms with Crippen molar-refractivity contribution in [3.05, 3.63) is 30.0 Å². The van der Waals surface area contributed by atoms with Crippen LogP contribution in [0.2, 0.25) is 0 Å². The lowest BCUT2D eigenvalue weighted by atomic mass is 9.86. The van der Waals surface area contributed by atoms with Gasteiger partial charge in [-0.3, -0.25) is 0 Å². The van der Waals surface area contributed by atoms with Crippen molar-refractivity contribution in [2.24, 2.45) is 0 Å². The maximum absolute atomic E-state index is 9.77. The van der Waals surface area contributed by atoms with Gasteiger partial charge in [0.05, 0.1) is 6.26 Å². The lowest BCUT2D eigenvalue weighted by molar-refractivity contribution is 0.183. The Morgan fingerprint density at radius 1 is 1.35 bits per heavy atom. The molecule has 1 aromatic heterocycles. The first-order chi connectivity index (χ1) is 8.66. The van der Waals surface area contributed by atoms with E-state index in [1.54, 1.807) is 6.07 Å². The summed E-state index contributed by atoms with van der Waals surface area (Å²) in [6.45, 7) is 3.39. The van der Waals surface area contributed by atoms with E-state index in [9.17, 15) is 5.11 Å². The molecule has 0 spiro atoms. The molecule has 2 heterocycles. The van der Waals surface area contributed by atoms with Crippen molar-refractivity contribution in [1.82, 2.24) is 4.90 Å². The molecule has 0 aliphatic carbocycles. The van der Waals surface area contributed by atoms with E-state index in [0.29, 0.717) is 17.5 Å². The molecule has 1 aliphatic rings. The number of rotatable bonds is 1. The lowest BCUT2D eigenvalue weighted by Crippen LogP contribution is -2.36. The molecule has 20 heavy (non-hydrogen) atoms. The predicted octanol–water partition coefficient (Wildman–Crippen LogP) is 3.09. The molecular formula is C15H22BrNO3. The van der Waals surface area contributed by atoms with Crippen molar-refractivity contribution < 1.29 is 15.0 Å². The number of likely N-dealkylation sites (tertiary alicyclic amines) is 1. The summed E-state index contributed by atoms with van der Waals surface area (Å²) in [4.78, 5) is 2.40. The average Bonchev–Trinajstić information content (AvgIpc) is 2.78. The summed E-state index contributed by atoms with van der Waals surface area (Å²) in [6, 6.07) is 6.20. The molecule has 0 bridgehead atoms. The summed E-state index contributed by atoms with van der Waals surface area (Å²) in [5.74, 6) is 0.777. The Labute approximate surface area is 129 Å². The molecule has 4 nitrogen and oxygen atoms in total. The quantitative estimate of drug-likeness (QED) is 0.864. The van der Waals surface area contributed by atoms with Gasteiger partial charge in [-0.25, -0.2) is 0 Å². The highest BCUT2D eigenvalue weighted by molar-refractivity contribution is 8.93. The van der Waals surface area contributed by atoms with Crippen LogP contribution in [-0.4, -0.2) is 35.1 Å². The third-order valence-electron chi connectivity index (χ3n) is 4.26. The molecule has 2 aromatic rings. The second kappa shape index (κ2) is 6.61. The van der Waals surface area contributed by atoms with Gasteiger partial charge >= 0.3 is 0 Å². The van der Waals surface area contributed by atoms with Crippen LogP contribution in [0.25, 0.3) is 11.0 Å². The van der Waals surface area contributed by atoms with Crippen molar-refractivity contribution in [3.63, 3.8) is 0 Å². The van der Waals surface area contributed by atoms with Gasteiger partial charge < -0.3 is 19.9 Å². The third kappa shape index (κ3) is 2.85. The first-order valence-electron chi connectivity index (χ1n) is 6.56. The normalized spacial score (nSPS) is 23.1. The molecule has 112 valence electrons. The van der Waals surface area contributed by atoms with E-state index in [2.05, 4.69) is 18.9 Å². The van der Waals surface area contributed by atoms with Crippen LogP contribution in [0, 0.1) is 0 Å². The number of fused-ring (bicyclic) bond motifs is 1. The number of phenols is 1. The second-order valence-corrected chi connectivity index (χ2v) is 5.40. The van der Waals surface area contributed by atoms with Crippen LogP contribution < -0.4 is 0 Å². The monoisotopic (exact) mass is 343 g/mol.